The van der Waals surface area contributed by atoms with E-state index in [1.165, 1.54) is 24.5 Å². The Hall–Kier alpha value is -3.48. The Morgan fingerprint density at radius 1 is 0.306 bits per heavy atom. The first-order chi connectivity index (χ1) is 24.0. The highest BCUT2D eigenvalue weighted by Gasteiger charge is 2.29. The summed E-state index contributed by atoms with van der Waals surface area (Å²) in [5.74, 6) is 0. The molecule has 7 aromatic carbocycles. The van der Waals surface area contributed by atoms with Crippen molar-refractivity contribution in [1.29, 1.82) is 0 Å². The normalized spacial score (nSPS) is 12.3. The van der Waals surface area contributed by atoms with Gasteiger partial charge in [-0.25, -0.2) is 0 Å². The summed E-state index contributed by atoms with van der Waals surface area (Å²) in [4.78, 5) is 10.3. The highest BCUT2D eigenvalue weighted by Crippen LogP contribution is 2.44. The van der Waals surface area contributed by atoms with Crippen LogP contribution < -0.4 is 15.9 Å². The molecule has 0 saturated heterocycles. The maximum Gasteiger partial charge on any atom is 0.171 e. The molecule has 0 bridgehead atoms. The van der Waals surface area contributed by atoms with Crippen LogP contribution in [0.25, 0.3) is 0 Å². The highest BCUT2D eigenvalue weighted by molar-refractivity contribution is 8.00. The van der Waals surface area contributed by atoms with E-state index in [1.807, 2.05) is 72.8 Å². The fourth-order valence-corrected chi connectivity index (χ4v) is 11.3. The van der Waals surface area contributed by atoms with Gasteiger partial charge in [0.25, 0.3) is 0 Å². The summed E-state index contributed by atoms with van der Waals surface area (Å²) in [5, 5.41) is 2.49. The minimum Gasteiger partial charge on any atom is -0.309 e. The molecule has 49 heavy (non-hydrogen) atoms. The number of thiol groups is 1. The number of hydrogen-bond donors (Lipinski definition) is 1. The second kappa shape index (κ2) is 16.0. The van der Waals surface area contributed by atoms with E-state index in [-0.39, 0.29) is 0 Å². The van der Waals surface area contributed by atoms with Crippen LogP contribution in [0.4, 0.5) is 0 Å². The predicted molar refractivity (Wildman–Crippen MR) is 215 cm³/mol. The molecule has 1 nitrogen and oxygen atoms in total. The number of benzene rings is 7. The topological polar surface area (TPSA) is 17.1 Å². The van der Waals surface area contributed by atoms with Crippen LogP contribution in [0, 0.1) is 0 Å². The second-order valence-electron chi connectivity index (χ2n) is 11.1. The molecule has 1 atom stereocenters. The monoisotopic (exact) mass is 742 g/mol. The van der Waals surface area contributed by atoms with Crippen LogP contribution in [0.1, 0.15) is 0 Å². The van der Waals surface area contributed by atoms with Gasteiger partial charge in [-0.3, -0.25) is 0 Å². The summed E-state index contributed by atoms with van der Waals surface area (Å²) in [6, 6.07) is 62.2. The lowest BCUT2D eigenvalue weighted by Crippen LogP contribution is -2.24. The van der Waals surface area contributed by atoms with Crippen molar-refractivity contribution >= 4 is 82.7 Å². The van der Waals surface area contributed by atoms with Gasteiger partial charge in [-0.1, -0.05) is 95.6 Å². The summed E-state index contributed by atoms with van der Waals surface area (Å²) in [6.45, 7) is 0. The van der Waals surface area contributed by atoms with Gasteiger partial charge in [-0.2, -0.15) is 0 Å². The lowest BCUT2D eigenvalue weighted by atomic mass is 10.3. The molecular formula is C42H31OPS5. The van der Waals surface area contributed by atoms with Gasteiger partial charge in [0.2, 0.25) is 0 Å². The van der Waals surface area contributed by atoms with Gasteiger partial charge < -0.3 is 4.57 Å². The van der Waals surface area contributed by atoms with E-state index in [4.69, 9.17) is 0 Å². The first-order valence-electron chi connectivity index (χ1n) is 15.6. The molecule has 0 aromatic heterocycles. The van der Waals surface area contributed by atoms with Crippen molar-refractivity contribution in [3.63, 3.8) is 0 Å². The number of hydrogen-bond acceptors (Lipinski definition) is 6. The average molecular weight is 743 g/mol. The molecule has 0 saturated carbocycles. The van der Waals surface area contributed by atoms with E-state index in [1.54, 1.807) is 47.0 Å². The third-order valence-electron chi connectivity index (χ3n) is 7.69. The highest BCUT2D eigenvalue weighted by atomic mass is 32.2. The molecule has 0 N–H and O–H groups in total. The molecule has 1 unspecified atom stereocenters. The Labute approximate surface area is 311 Å². The molecule has 7 aromatic rings. The Balaban J connectivity index is 1.06. The Kier molecular flexibility index (Phi) is 11.1. The first kappa shape index (κ1) is 34.0. The maximum absolute atomic E-state index is 15.1. The Morgan fingerprint density at radius 2 is 0.551 bits per heavy atom. The van der Waals surface area contributed by atoms with Crippen molar-refractivity contribution in [2.24, 2.45) is 0 Å². The fraction of sp³-hybridized carbons (Fsp3) is 0. The van der Waals surface area contributed by atoms with Crippen molar-refractivity contribution < 1.29 is 4.57 Å². The van der Waals surface area contributed by atoms with Gasteiger partial charge in [0.1, 0.15) is 0 Å². The van der Waals surface area contributed by atoms with Gasteiger partial charge in [-0.15, -0.1) is 12.6 Å². The van der Waals surface area contributed by atoms with Crippen LogP contribution in [0.2, 0.25) is 0 Å². The zero-order chi connectivity index (χ0) is 33.5. The summed E-state index contributed by atoms with van der Waals surface area (Å²) in [5.41, 5.74) is 0. The molecule has 7 heteroatoms. The minimum atomic E-state index is -3.09. The zero-order valence-electron chi connectivity index (χ0n) is 26.3. The molecule has 0 radical (unpaired) electrons. The van der Waals surface area contributed by atoms with Crippen LogP contribution >= 0.6 is 66.8 Å². The lowest BCUT2D eigenvalue weighted by Gasteiger charge is -2.20. The van der Waals surface area contributed by atoms with Crippen LogP contribution in [0.3, 0.4) is 0 Å². The molecule has 0 aliphatic heterocycles. The minimum absolute atomic E-state index is 0.828. The molecule has 0 heterocycles. The van der Waals surface area contributed by atoms with Gasteiger partial charge >= 0.3 is 0 Å². The molecule has 0 aliphatic rings. The Bertz CT molecular complexity index is 2150. The van der Waals surface area contributed by atoms with Crippen molar-refractivity contribution in [3.05, 3.63) is 182 Å². The van der Waals surface area contributed by atoms with Crippen molar-refractivity contribution in [1.82, 2.24) is 0 Å². The third-order valence-corrected chi connectivity index (χ3v) is 15.1. The third kappa shape index (κ3) is 8.64. The summed E-state index contributed by atoms with van der Waals surface area (Å²) in [7, 11) is -3.09. The molecular weight excluding hydrogens is 712 g/mol. The molecule has 0 fully saturated rings. The molecule has 240 valence electrons. The van der Waals surface area contributed by atoms with Crippen LogP contribution in [-0.2, 0) is 4.57 Å². The SMILES string of the molecule is O=P(c1ccccc1)(c1ccc(Sc2ccc(Sc3ccccc3)cc2)cc1)c1ccc(Sc2ccc(Sc3ccc(S)cc3)cc2)cc1. The molecule has 0 aliphatic carbocycles. The second-order valence-corrected chi connectivity index (χ2v) is 19.0. The average Bonchev–Trinajstić information content (AvgIpc) is 3.15. The molecule has 7 rings (SSSR count). The van der Waals surface area contributed by atoms with Crippen LogP contribution in [-0.4, -0.2) is 0 Å². The molecule has 0 amide bonds. The van der Waals surface area contributed by atoms with E-state index < -0.39 is 7.14 Å². The maximum atomic E-state index is 15.1. The largest absolute Gasteiger partial charge is 0.309 e. The zero-order valence-corrected chi connectivity index (χ0v) is 31.3. The Morgan fingerprint density at radius 3 is 0.898 bits per heavy atom. The summed E-state index contributed by atoms with van der Waals surface area (Å²) in [6.07, 6.45) is 0. The summed E-state index contributed by atoms with van der Waals surface area (Å²) < 4.78 is 15.1. The van der Waals surface area contributed by atoms with Crippen molar-refractivity contribution in [3.8, 4) is 0 Å². The standard InChI is InChI=1S/C42H31OPS5/c43-44(31-7-3-1-4-8-31,32-11-17-36(18-12-32)47-40-25-23-39(24-26-40)46-35-9-5-2-6-10-35)33-13-19-37(20-14-33)48-41-27-29-42(30-28-41)49-38-21-15-34(45)16-22-38/h1-30,45H. The fourth-order valence-electron chi connectivity index (χ4n) is 5.23. The van der Waals surface area contributed by atoms with Crippen LogP contribution in [0.5, 0.6) is 0 Å². The quantitative estimate of drug-likeness (QED) is 0.105. The van der Waals surface area contributed by atoms with E-state index >= 15 is 4.57 Å². The van der Waals surface area contributed by atoms with E-state index in [9.17, 15) is 0 Å². The molecule has 0 spiro atoms. The summed E-state index contributed by atoms with van der Waals surface area (Å²) >= 11 is 11.3. The smallest absolute Gasteiger partial charge is 0.171 e. The van der Waals surface area contributed by atoms with Crippen LogP contribution in [0.15, 0.2) is 226 Å². The van der Waals surface area contributed by atoms with Crippen molar-refractivity contribution in [2.45, 2.75) is 44.1 Å². The van der Waals surface area contributed by atoms with Crippen molar-refractivity contribution in [2.75, 3.05) is 0 Å². The first-order valence-corrected chi connectivity index (χ1v) is 21.1. The van der Waals surface area contributed by atoms with Gasteiger partial charge in [0, 0.05) is 60.0 Å². The van der Waals surface area contributed by atoms with E-state index in [0.717, 1.165) is 35.5 Å². The van der Waals surface area contributed by atoms with E-state index in [2.05, 4.69) is 122 Å². The van der Waals surface area contributed by atoms with E-state index in [0.29, 0.717) is 0 Å². The van der Waals surface area contributed by atoms with Gasteiger partial charge in [0.05, 0.1) is 0 Å². The lowest BCUT2D eigenvalue weighted by molar-refractivity contribution is 0.592. The van der Waals surface area contributed by atoms with Gasteiger partial charge in [-0.05, 0) is 133 Å². The predicted octanol–water partition coefficient (Wildman–Crippen LogP) is 12.2. The number of rotatable bonds is 11. The van der Waals surface area contributed by atoms with Gasteiger partial charge in [0.15, 0.2) is 7.14 Å².